The number of nitrogens with one attached hydrogen (secondary N) is 1. The number of thioether (sulfide) groups is 1. The summed E-state index contributed by atoms with van der Waals surface area (Å²) in [6.07, 6.45) is 0. The highest BCUT2D eigenvalue weighted by molar-refractivity contribution is 7.99. The molecule has 0 spiro atoms. The largest absolute Gasteiger partial charge is 0.336 e. The molecule has 1 aliphatic heterocycles. The smallest absolute Gasteiger partial charge is 0.324 e. The molecule has 142 valence electrons. The van der Waals surface area contributed by atoms with Crippen molar-refractivity contribution in [1.82, 2.24) is 25.0 Å². The van der Waals surface area contributed by atoms with Crippen molar-refractivity contribution < 1.29 is 9.59 Å². The van der Waals surface area contributed by atoms with Crippen LogP contribution in [0.2, 0.25) is 0 Å². The van der Waals surface area contributed by atoms with Crippen LogP contribution in [0.3, 0.4) is 0 Å². The molecule has 1 fully saturated rings. The Hall–Kier alpha value is -3.13. The lowest BCUT2D eigenvalue weighted by atomic mass is 10.1. The quantitative estimate of drug-likeness (QED) is 0.674. The van der Waals surface area contributed by atoms with Gasteiger partial charge in [0.2, 0.25) is 5.91 Å². The Balaban J connectivity index is 1.66. The molecule has 3 aromatic rings. The van der Waals surface area contributed by atoms with Crippen molar-refractivity contribution in [2.24, 2.45) is 0 Å². The summed E-state index contributed by atoms with van der Waals surface area (Å²) in [7, 11) is 0. The highest BCUT2D eigenvalue weighted by Gasteiger charge is 2.27. The van der Waals surface area contributed by atoms with Crippen molar-refractivity contribution in [1.29, 1.82) is 0 Å². The van der Waals surface area contributed by atoms with E-state index >= 15 is 0 Å². The zero-order chi connectivity index (χ0) is 19.5. The highest BCUT2D eigenvalue weighted by Crippen LogP contribution is 2.28. The number of hydrogen-bond acceptors (Lipinski definition) is 5. The Labute approximate surface area is 166 Å². The maximum atomic E-state index is 12.4. The van der Waals surface area contributed by atoms with Gasteiger partial charge in [0.25, 0.3) is 0 Å². The highest BCUT2D eigenvalue weighted by atomic mass is 32.2. The van der Waals surface area contributed by atoms with Gasteiger partial charge in [-0.2, -0.15) is 0 Å². The molecular weight excluding hydrogens is 374 g/mol. The van der Waals surface area contributed by atoms with Crippen molar-refractivity contribution in [3.8, 4) is 17.1 Å². The number of benzene rings is 2. The lowest BCUT2D eigenvalue weighted by Crippen LogP contribution is -2.35. The molecule has 7 nitrogen and oxygen atoms in total. The molecule has 3 amide bonds. The van der Waals surface area contributed by atoms with Crippen molar-refractivity contribution in [3.63, 3.8) is 0 Å². The summed E-state index contributed by atoms with van der Waals surface area (Å²) in [5.74, 6) is 0.593. The molecule has 0 bridgehead atoms. The Bertz CT molecular complexity index is 1020. The number of hydrogen-bond donors (Lipinski definition) is 1. The summed E-state index contributed by atoms with van der Waals surface area (Å²) in [6, 6.07) is 17.5. The Morgan fingerprint density at radius 1 is 1.14 bits per heavy atom. The van der Waals surface area contributed by atoms with Crippen LogP contribution in [0.1, 0.15) is 5.56 Å². The minimum atomic E-state index is -0.337. The van der Waals surface area contributed by atoms with Crippen LogP contribution in [0.5, 0.6) is 0 Å². The number of aromatic nitrogens is 3. The molecular formula is C20H19N5O2S. The molecule has 0 radical (unpaired) electrons. The van der Waals surface area contributed by atoms with E-state index in [1.54, 1.807) is 0 Å². The number of carbonyl (C=O) groups excluding carboxylic acids is 2. The third kappa shape index (κ3) is 3.63. The molecule has 4 rings (SSSR count). The van der Waals surface area contributed by atoms with E-state index < -0.39 is 0 Å². The van der Waals surface area contributed by atoms with E-state index in [0.717, 1.165) is 16.8 Å². The summed E-state index contributed by atoms with van der Waals surface area (Å²) in [5, 5.41) is 12.0. The minimum Gasteiger partial charge on any atom is -0.336 e. The number of imide groups is 1. The SMILES string of the molecule is Cc1cccc(-c2nnc(SCC(=O)N3CCNC3=O)n2-c2ccccc2)c1. The first kappa shape index (κ1) is 18.2. The molecule has 0 saturated carbocycles. The van der Waals surface area contributed by atoms with Gasteiger partial charge in [0.05, 0.1) is 5.75 Å². The molecule has 0 atom stereocenters. The van der Waals surface area contributed by atoms with Gasteiger partial charge < -0.3 is 5.32 Å². The second-order valence-corrected chi connectivity index (χ2v) is 7.36. The topological polar surface area (TPSA) is 80.1 Å². The fourth-order valence-electron chi connectivity index (χ4n) is 3.06. The first-order valence-corrected chi connectivity index (χ1v) is 9.91. The van der Waals surface area contributed by atoms with E-state index in [1.165, 1.54) is 16.7 Å². The van der Waals surface area contributed by atoms with Gasteiger partial charge in [0.15, 0.2) is 11.0 Å². The summed E-state index contributed by atoms with van der Waals surface area (Å²) < 4.78 is 1.94. The number of nitrogens with zero attached hydrogens (tertiary/aromatic N) is 4. The van der Waals surface area contributed by atoms with Gasteiger partial charge in [-0.15, -0.1) is 10.2 Å². The standard InChI is InChI=1S/C20H19N5O2S/c1-14-6-5-7-15(12-14)18-22-23-20(25(18)16-8-3-2-4-9-16)28-13-17(26)24-11-10-21-19(24)27/h2-9,12H,10-11,13H2,1H3,(H,21,27). The number of aryl methyl sites for hydroxylation is 1. The van der Waals surface area contributed by atoms with E-state index in [9.17, 15) is 9.59 Å². The average Bonchev–Trinajstić information content (AvgIpc) is 3.33. The summed E-state index contributed by atoms with van der Waals surface area (Å²) in [5.41, 5.74) is 3.00. The molecule has 1 aromatic heterocycles. The van der Waals surface area contributed by atoms with Crippen LogP contribution in [0.15, 0.2) is 59.8 Å². The van der Waals surface area contributed by atoms with Crippen LogP contribution >= 0.6 is 11.8 Å². The van der Waals surface area contributed by atoms with Crippen LogP contribution in [0.25, 0.3) is 17.1 Å². The van der Waals surface area contributed by atoms with Crippen LogP contribution < -0.4 is 5.32 Å². The molecule has 2 aromatic carbocycles. The van der Waals surface area contributed by atoms with Gasteiger partial charge in [-0.1, -0.05) is 53.7 Å². The fraction of sp³-hybridized carbons (Fsp3) is 0.200. The van der Waals surface area contributed by atoms with Gasteiger partial charge in [-0.05, 0) is 25.1 Å². The number of carbonyl (C=O) groups is 2. The summed E-state index contributed by atoms with van der Waals surface area (Å²) in [4.78, 5) is 25.3. The molecule has 2 heterocycles. The van der Waals surface area contributed by atoms with Crippen molar-refractivity contribution in [2.75, 3.05) is 18.8 Å². The first-order valence-electron chi connectivity index (χ1n) is 8.92. The van der Waals surface area contributed by atoms with Crippen molar-refractivity contribution in [3.05, 3.63) is 60.2 Å². The van der Waals surface area contributed by atoms with Crippen LogP contribution in [0.4, 0.5) is 4.79 Å². The second-order valence-electron chi connectivity index (χ2n) is 6.41. The summed E-state index contributed by atoms with van der Waals surface area (Å²) >= 11 is 1.28. The normalized spacial score (nSPS) is 13.6. The maximum absolute atomic E-state index is 12.4. The van der Waals surface area contributed by atoms with Crippen LogP contribution in [-0.2, 0) is 4.79 Å². The average molecular weight is 393 g/mol. The van der Waals surface area contributed by atoms with E-state index in [-0.39, 0.29) is 17.7 Å². The predicted octanol–water partition coefficient (Wildman–Crippen LogP) is 2.89. The minimum absolute atomic E-state index is 0.117. The zero-order valence-electron chi connectivity index (χ0n) is 15.3. The van der Waals surface area contributed by atoms with Gasteiger partial charge >= 0.3 is 6.03 Å². The molecule has 28 heavy (non-hydrogen) atoms. The fourth-order valence-corrected chi connectivity index (χ4v) is 3.89. The van der Waals surface area contributed by atoms with Gasteiger partial charge in [-0.25, -0.2) is 4.79 Å². The third-order valence-corrected chi connectivity index (χ3v) is 5.32. The van der Waals surface area contributed by atoms with Gasteiger partial charge in [0, 0.05) is 24.3 Å². The Morgan fingerprint density at radius 2 is 1.96 bits per heavy atom. The second kappa shape index (κ2) is 7.85. The number of para-hydroxylation sites is 1. The van der Waals surface area contributed by atoms with Crippen molar-refractivity contribution >= 4 is 23.7 Å². The molecule has 0 aliphatic carbocycles. The van der Waals surface area contributed by atoms with E-state index in [4.69, 9.17) is 0 Å². The van der Waals surface area contributed by atoms with Crippen LogP contribution in [-0.4, -0.2) is 50.4 Å². The van der Waals surface area contributed by atoms with Gasteiger partial charge in [-0.3, -0.25) is 14.3 Å². The molecule has 1 saturated heterocycles. The van der Waals surface area contributed by atoms with E-state index in [2.05, 4.69) is 21.6 Å². The first-order chi connectivity index (χ1) is 13.6. The number of rotatable bonds is 5. The lowest BCUT2D eigenvalue weighted by molar-refractivity contribution is -0.124. The van der Waals surface area contributed by atoms with Crippen molar-refractivity contribution in [2.45, 2.75) is 12.1 Å². The van der Waals surface area contributed by atoms with E-state index in [1.807, 2.05) is 60.0 Å². The molecule has 0 unspecified atom stereocenters. The number of amides is 3. The number of urea groups is 1. The Kier molecular flexibility index (Phi) is 5.12. The Morgan fingerprint density at radius 3 is 2.68 bits per heavy atom. The third-order valence-electron chi connectivity index (χ3n) is 4.41. The maximum Gasteiger partial charge on any atom is 0.324 e. The predicted molar refractivity (Wildman–Crippen MR) is 107 cm³/mol. The summed E-state index contributed by atoms with van der Waals surface area (Å²) in [6.45, 7) is 2.92. The molecule has 1 aliphatic rings. The van der Waals surface area contributed by atoms with Crippen LogP contribution in [0, 0.1) is 6.92 Å². The molecule has 1 N–H and O–H groups in total. The molecule has 8 heteroatoms. The lowest BCUT2D eigenvalue weighted by Gasteiger charge is -2.13. The van der Waals surface area contributed by atoms with E-state index in [0.29, 0.717) is 24.1 Å². The monoisotopic (exact) mass is 393 g/mol. The van der Waals surface area contributed by atoms with Gasteiger partial charge in [0.1, 0.15) is 0 Å². The zero-order valence-corrected chi connectivity index (χ0v) is 16.1.